The number of hydrogen-bond acceptors (Lipinski definition) is 4. The van der Waals surface area contributed by atoms with Crippen LogP contribution < -0.4 is 5.43 Å². The molecule has 31 heavy (non-hydrogen) atoms. The van der Waals surface area contributed by atoms with Gasteiger partial charge in [0.2, 0.25) is 5.43 Å². The van der Waals surface area contributed by atoms with E-state index >= 15 is 0 Å². The highest BCUT2D eigenvalue weighted by Crippen LogP contribution is 2.52. The number of fused-ring (bicyclic) bond motifs is 2. The van der Waals surface area contributed by atoms with Crippen LogP contribution in [0.4, 0.5) is 0 Å². The van der Waals surface area contributed by atoms with Crippen LogP contribution in [0.2, 0.25) is 0 Å². The third kappa shape index (κ3) is 3.28. The standard InChI is InChI=1S/C22H12Br4O5/c1-7-11-13(9-5-3-4-6-10(9)22(29)30)12-8(2)15(24)19(28)17(26)21(12)31-20(11)16(25)18(27)14(7)23/h3-6,27H,1-2H3,(H,29,30). The zero-order chi connectivity index (χ0) is 22.8. The summed E-state index contributed by atoms with van der Waals surface area (Å²) < 4.78 is 7.45. The first kappa shape index (κ1) is 22.5. The largest absolute Gasteiger partial charge is 0.505 e. The van der Waals surface area contributed by atoms with Gasteiger partial charge in [-0.2, -0.15) is 0 Å². The van der Waals surface area contributed by atoms with Gasteiger partial charge in [-0.05, 0) is 100 Å². The molecule has 2 aromatic rings. The van der Waals surface area contributed by atoms with E-state index in [1.165, 1.54) is 6.07 Å². The summed E-state index contributed by atoms with van der Waals surface area (Å²) >= 11 is 13.5. The van der Waals surface area contributed by atoms with E-state index in [9.17, 15) is 19.8 Å². The molecule has 9 heteroatoms. The lowest BCUT2D eigenvalue weighted by Gasteiger charge is -2.22. The number of aromatic carboxylic acids is 1. The number of phenols is 1. The molecule has 0 spiro atoms. The highest BCUT2D eigenvalue weighted by Gasteiger charge is 2.30. The lowest BCUT2D eigenvalue weighted by molar-refractivity contribution is 0.0697. The number of benzene rings is 3. The van der Waals surface area contributed by atoms with Gasteiger partial charge in [-0.25, -0.2) is 4.79 Å². The third-order valence-electron chi connectivity index (χ3n) is 5.21. The number of rotatable bonds is 2. The SMILES string of the molecule is Cc1c2c(-c3ccccc3C(=O)O)c3c(C)c(Br)c(O)c(Br)c3oc-2c(Br)c(=O)c1Br. The molecule has 1 heterocycles. The number of carboxylic acid groups (broad SMARTS) is 1. The second kappa shape index (κ2) is 8.03. The minimum atomic E-state index is -1.08. The molecule has 0 unspecified atom stereocenters. The number of carboxylic acids is 1. The fourth-order valence-corrected chi connectivity index (χ4v) is 5.99. The average Bonchev–Trinajstić information content (AvgIpc) is 2.77. The van der Waals surface area contributed by atoms with Crippen LogP contribution in [0.25, 0.3) is 33.4 Å². The van der Waals surface area contributed by atoms with Crippen LogP contribution in [0.15, 0.2) is 51.4 Å². The van der Waals surface area contributed by atoms with Gasteiger partial charge < -0.3 is 14.6 Å². The van der Waals surface area contributed by atoms with Crippen molar-refractivity contribution in [1.82, 2.24) is 0 Å². The highest BCUT2D eigenvalue weighted by molar-refractivity contribution is 9.11. The topological polar surface area (TPSA) is 87.7 Å². The van der Waals surface area contributed by atoms with Crippen molar-refractivity contribution in [3.05, 3.63) is 69.1 Å². The van der Waals surface area contributed by atoms with E-state index in [4.69, 9.17) is 4.42 Å². The number of hydrogen-bond donors (Lipinski definition) is 2. The van der Waals surface area contributed by atoms with E-state index in [0.29, 0.717) is 47.7 Å². The van der Waals surface area contributed by atoms with Crippen molar-refractivity contribution in [1.29, 1.82) is 0 Å². The molecule has 158 valence electrons. The lowest BCUT2D eigenvalue weighted by atomic mass is 9.87. The first-order chi connectivity index (χ1) is 14.6. The molecule has 2 N–H and O–H groups in total. The fourth-order valence-electron chi connectivity index (χ4n) is 3.71. The van der Waals surface area contributed by atoms with Gasteiger partial charge in [0.25, 0.3) is 0 Å². The number of halogens is 4. The van der Waals surface area contributed by atoms with Crippen LogP contribution in [-0.4, -0.2) is 16.2 Å². The molecule has 5 nitrogen and oxygen atoms in total. The lowest BCUT2D eigenvalue weighted by Crippen LogP contribution is -2.11. The molecule has 1 aliphatic carbocycles. The van der Waals surface area contributed by atoms with Crippen molar-refractivity contribution in [3.63, 3.8) is 0 Å². The zero-order valence-corrected chi connectivity index (χ0v) is 22.3. The van der Waals surface area contributed by atoms with E-state index in [0.717, 1.165) is 0 Å². The predicted molar refractivity (Wildman–Crippen MR) is 133 cm³/mol. The summed E-state index contributed by atoms with van der Waals surface area (Å²) in [6, 6.07) is 6.66. The van der Waals surface area contributed by atoms with E-state index in [1.54, 1.807) is 32.0 Å². The van der Waals surface area contributed by atoms with E-state index in [-0.39, 0.29) is 31.4 Å². The maximum atomic E-state index is 12.7. The van der Waals surface area contributed by atoms with E-state index < -0.39 is 5.97 Å². The molecule has 0 amide bonds. The van der Waals surface area contributed by atoms with Crippen molar-refractivity contribution in [2.24, 2.45) is 0 Å². The fraction of sp³-hybridized carbons (Fsp3) is 0.0909. The van der Waals surface area contributed by atoms with E-state index in [1.807, 2.05) is 0 Å². The third-order valence-corrected chi connectivity index (χ3v) is 8.59. The van der Waals surface area contributed by atoms with Crippen molar-refractivity contribution in [2.75, 3.05) is 0 Å². The molecule has 1 aliphatic heterocycles. The molecule has 0 fully saturated rings. The Bertz CT molecular complexity index is 1460. The van der Waals surface area contributed by atoms with Crippen molar-refractivity contribution in [2.45, 2.75) is 13.8 Å². The zero-order valence-electron chi connectivity index (χ0n) is 15.9. The maximum absolute atomic E-state index is 12.7. The van der Waals surface area contributed by atoms with Crippen LogP contribution in [0, 0.1) is 13.8 Å². The normalized spacial score (nSPS) is 11.4. The van der Waals surface area contributed by atoms with Gasteiger partial charge in [0, 0.05) is 16.5 Å². The van der Waals surface area contributed by atoms with Crippen LogP contribution >= 0.6 is 63.7 Å². The molecular formula is C22H12Br4O5. The van der Waals surface area contributed by atoms with Gasteiger partial charge in [-0.15, -0.1) is 0 Å². The number of aryl methyl sites for hydroxylation is 1. The Labute approximate surface area is 209 Å². The molecule has 0 radical (unpaired) electrons. The summed E-state index contributed by atoms with van der Waals surface area (Å²) in [6.45, 7) is 3.57. The van der Waals surface area contributed by atoms with Gasteiger partial charge in [-0.3, -0.25) is 4.79 Å². The molecule has 0 saturated carbocycles. The number of carbonyl (C=O) groups is 1. The summed E-state index contributed by atoms with van der Waals surface area (Å²) in [5, 5.41) is 21.0. The summed E-state index contributed by atoms with van der Waals surface area (Å²) in [7, 11) is 0. The van der Waals surface area contributed by atoms with Gasteiger partial charge in [0.05, 0.1) is 14.5 Å². The Kier molecular flexibility index (Phi) is 5.83. The van der Waals surface area contributed by atoms with Gasteiger partial charge in [-0.1, -0.05) is 18.2 Å². The van der Waals surface area contributed by atoms with Crippen molar-refractivity contribution < 1.29 is 19.4 Å². The molecule has 0 aromatic heterocycles. The van der Waals surface area contributed by atoms with Crippen LogP contribution in [0.1, 0.15) is 21.5 Å². The molecule has 0 bridgehead atoms. The minimum absolute atomic E-state index is 0.0575. The molecule has 2 aliphatic rings. The summed E-state index contributed by atoms with van der Waals surface area (Å²) in [6.07, 6.45) is 0. The van der Waals surface area contributed by atoms with Gasteiger partial charge in [0.15, 0.2) is 11.3 Å². The quantitative estimate of drug-likeness (QED) is 0.213. The first-order valence-corrected chi connectivity index (χ1v) is 12.0. The number of aromatic hydroxyl groups is 1. The molecule has 4 rings (SSSR count). The van der Waals surface area contributed by atoms with Crippen LogP contribution in [0.5, 0.6) is 5.75 Å². The Morgan fingerprint density at radius 2 is 1.55 bits per heavy atom. The Balaban J connectivity index is 2.44. The molecule has 2 aromatic carbocycles. The summed E-state index contributed by atoms with van der Waals surface area (Å²) in [5.74, 6) is -0.878. The predicted octanol–water partition coefficient (Wildman–Crippen LogP) is 7.64. The van der Waals surface area contributed by atoms with Crippen molar-refractivity contribution >= 4 is 80.7 Å². The van der Waals surface area contributed by atoms with Crippen LogP contribution in [0.3, 0.4) is 0 Å². The van der Waals surface area contributed by atoms with Gasteiger partial charge in [0.1, 0.15) is 14.7 Å². The van der Waals surface area contributed by atoms with Crippen molar-refractivity contribution in [3.8, 4) is 28.2 Å². The van der Waals surface area contributed by atoms with Crippen LogP contribution in [-0.2, 0) is 0 Å². The second-order valence-corrected chi connectivity index (χ2v) is 10.1. The summed E-state index contributed by atoms with van der Waals surface area (Å²) in [4.78, 5) is 24.8. The minimum Gasteiger partial charge on any atom is -0.505 e. The maximum Gasteiger partial charge on any atom is 0.336 e. The molecular weight excluding hydrogens is 664 g/mol. The smallest absolute Gasteiger partial charge is 0.336 e. The van der Waals surface area contributed by atoms with Gasteiger partial charge >= 0.3 is 5.97 Å². The monoisotopic (exact) mass is 672 g/mol. The Morgan fingerprint density at radius 3 is 2.19 bits per heavy atom. The Morgan fingerprint density at radius 1 is 0.903 bits per heavy atom. The summed E-state index contributed by atoms with van der Waals surface area (Å²) in [5.41, 5.74) is 3.03. The molecule has 0 atom stereocenters. The number of phenolic OH excluding ortho intramolecular Hbond substituents is 1. The van der Waals surface area contributed by atoms with E-state index in [2.05, 4.69) is 63.7 Å². The first-order valence-electron chi connectivity index (χ1n) is 8.85. The average molecular weight is 676 g/mol. The highest BCUT2D eigenvalue weighted by atomic mass is 79.9. The second-order valence-electron chi connectivity index (χ2n) is 6.92. The Hall–Kier alpha value is -1.68. The molecule has 0 saturated heterocycles.